The standard InChI is InChI=1S/C23H27FN2O4/c1-15-18(12-19(13-21(15)24)25-16(2)27)10-11-20-14-29-23(3,4)26(20)30-22(28)17-8-6-5-7-9-17/h5-9,12-13,20H,10-11,14H2,1-4H3,(H,25,27)/t20-/m1/s1. The molecule has 7 heteroatoms. The van der Waals surface area contributed by atoms with Crippen LogP contribution in [0.25, 0.3) is 0 Å². The van der Waals surface area contributed by atoms with Crippen LogP contribution in [-0.4, -0.2) is 35.3 Å². The summed E-state index contributed by atoms with van der Waals surface area (Å²) in [6.45, 7) is 7.17. The average Bonchev–Trinajstić information content (AvgIpc) is 2.97. The second kappa shape index (κ2) is 8.93. The van der Waals surface area contributed by atoms with Crippen molar-refractivity contribution >= 4 is 17.6 Å². The van der Waals surface area contributed by atoms with Gasteiger partial charge in [0.15, 0.2) is 0 Å². The van der Waals surface area contributed by atoms with Crippen LogP contribution in [0.5, 0.6) is 0 Å². The molecule has 1 fully saturated rings. The Hall–Kier alpha value is -2.77. The molecule has 1 amide bonds. The minimum absolute atomic E-state index is 0.181. The van der Waals surface area contributed by atoms with E-state index < -0.39 is 11.7 Å². The topological polar surface area (TPSA) is 67.9 Å². The molecule has 2 aromatic rings. The van der Waals surface area contributed by atoms with Crippen LogP contribution >= 0.6 is 0 Å². The highest BCUT2D eigenvalue weighted by Crippen LogP contribution is 2.31. The van der Waals surface area contributed by atoms with E-state index in [0.717, 1.165) is 5.56 Å². The van der Waals surface area contributed by atoms with Crippen molar-refractivity contribution in [2.45, 2.75) is 52.3 Å². The van der Waals surface area contributed by atoms with Crippen LogP contribution in [0.15, 0.2) is 42.5 Å². The number of ether oxygens (including phenoxy) is 1. The first-order valence-electron chi connectivity index (χ1n) is 9.94. The molecule has 0 radical (unpaired) electrons. The third-order valence-electron chi connectivity index (χ3n) is 5.20. The zero-order valence-corrected chi connectivity index (χ0v) is 17.7. The van der Waals surface area contributed by atoms with Crippen LogP contribution < -0.4 is 5.32 Å². The number of amides is 1. The number of rotatable bonds is 6. The number of halogens is 1. The van der Waals surface area contributed by atoms with Crippen molar-refractivity contribution in [3.8, 4) is 0 Å². The van der Waals surface area contributed by atoms with Gasteiger partial charge in [-0.3, -0.25) is 4.79 Å². The Bertz CT molecular complexity index is 930. The molecule has 0 unspecified atom stereocenters. The number of anilines is 1. The lowest BCUT2D eigenvalue weighted by atomic mass is 9.99. The molecular formula is C23H27FN2O4. The van der Waals surface area contributed by atoms with E-state index in [2.05, 4.69) is 5.32 Å². The first-order valence-corrected chi connectivity index (χ1v) is 9.94. The Morgan fingerprint density at radius 1 is 1.27 bits per heavy atom. The fraction of sp³-hybridized carbons (Fsp3) is 0.391. The zero-order valence-electron chi connectivity index (χ0n) is 17.7. The van der Waals surface area contributed by atoms with Gasteiger partial charge in [-0.15, -0.1) is 5.06 Å². The monoisotopic (exact) mass is 414 g/mol. The summed E-state index contributed by atoms with van der Waals surface area (Å²) in [6, 6.07) is 11.7. The van der Waals surface area contributed by atoms with Crippen molar-refractivity contribution in [1.82, 2.24) is 5.06 Å². The minimum atomic E-state index is -0.770. The summed E-state index contributed by atoms with van der Waals surface area (Å²) in [5, 5.41) is 4.21. The van der Waals surface area contributed by atoms with Crippen LogP contribution in [0.2, 0.25) is 0 Å². The summed E-state index contributed by atoms with van der Waals surface area (Å²) in [6.07, 6.45) is 1.13. The predicted octanol–water partition coefficient (Wildman–Crippen LogP) is 4.23. The van der Waals surface area contributed by atoms with Crippen molar-refractivity contribution in [2.24, 2.45) is 0 Å². The molecule has 1 aliphatic rings. The lowest BCUT2D eigenvalue weighted by molar-refractivity contribution is -0.219. The minimum Gasteiger partial charge on any atom is -0.361 e. The Morgan fingerprint density at radius 3 is 2.63 bits per heavy atom. The molecule has 1 atom stereocenters. The van der Waals surface area contributed by atoms with E-state index in [1.807, 2.05) is 19.9 Å². The van der Waals surface area contributed by atoms with Crippen LogP contribution in [-0.2, 0) is 20.8 Å². The lowest BCUT2D eigenvalue weighted by Crippen LogP contribution is -2.45. The highest BCUT2D eigenvalue weighted by molar-refractivity contribution is 5.89. The predicted molar refractivity (Wildman–Crippen MR) is 111 cm³/mol. The molecule has 1 aliphatic heterocycles. The third-order valence-corrected chi connectivity index (χ3v) is 5.20. The SMILES string of the molecule is CC(=O)Nc1cc(F)c(C)c(CC[C@@H]2COC(C)(C)N2OC(=O)c2ccccc2)c1. The Labute approximate surface area is 175 Å². The molecular weight excluding hydrogens is 387 g/mol. The zero-order chi connectivity index (χ0) is 21.9. The van der Waals surface area contributed by atoms with Gasteiger partial charge in [-0.1, -0.05) is 18.2 Å². The second-order valence-electron chi connectivity index (χ2n) is 7.94. The molecule has 160 valence electrons. The van der Waals surface area contributed by atoms with Gasteiger partial charge in [0, 0.05) is 12.6 Å². The lowest BCUT2D eigenvalue weighted by Gasteiger charge is -2.31. The Balaban J connectivity index is 1.73. The van der Waals surface area contributed by atoms with Crippen molar-refractivity contribution in [3.05, 3.63) is 65.0 Å². The van der Waals surface area contributed by atoms with Gasteiger partial charge in [0.05, 0.1) is 18.2 Å². The smallest absolute Gasteiger partial charge is 0.357 e. The van der Waals surface area contributed by atoms with Crippen LogP contribution in [0.4, 0.5) is 10.1 Å². The quantitative estimate of drug-likeness (QED) is 0.766. The number of hydrogen-bond acceptors (Lipinski definition) is 5. The van der Waals surface area contributed by atoms with Gasteiger partial charge < -0.3 is 14.9 Å². The number of hydroxylamine groups is 2. The van der Waals surface area contributed by atoms with Gasteiger partial charge in [-0.25, -0.2) is 9.18 Å². The molecule has 0 aliphatic carbocycles. The average molecular weight is 414 g/mol. The number of carbonyl (C=O) groups excluding carboxylic acids is 2. The summed E-state index contributed by atoms with van der Waals surface area (Å²) in [7, 11) is 0. The maximum atomic E-state index is 14.3. The van der Waals surface area contributed by atoms with Gasteiger partial charge in [0.2, 0.25) is 5.91 Å². The van der Waals surface area contributed by atoms with Gasteiger partial charge in [0.25, 0.3) is 0 Å². The van der Waals surface area contributed by atoms with Crippen LogP contribution in [0.1, 0.15) is 48.7 Å². The Kier molecular flexibility index (Phi) is 6.53. The van der Waals surface area contributed by atoms with Crippen molar-refractivity contribution < 1.29 is 23.6 Å². The first kappa shape index (κ1) is 21.9. The summed E-state index contributed by atoms with van der Waals surface area (Å²) in [4.78, 5) is 29.5. The molecule has 6 nitrogen and oxygen atoms in total. The third kappa shape index (κ3) is 5.04. The number of hydrogen-bond donors (Lipinski definition) is 1. The highest BCUT2D eigenvalue weighted by atomic mass is 19.1. The van der Waals surface area contributed by atoms with E-state index in [4.69, 9.17) is 9.57 Å². The maximum Gasteiger partial charge on any atom is 0.357 e. The molecule has 3 rings (SSSR count). The van der Waals surface area contributed by atoms with E-state index in [-0.39, 0.29) is 17.8 Å². The van der Waals surface area contributed by atoms with Gasteiger partial charge in [-0.05, 0) is 69.0 Å². The van der Waals surface area contributed by atoms with Crippen molar-refractivity contribution in [2.75, 3.05) is 11.9 Å². The molecule has 1 heterocycles. The largest absolute Gasteiger partial charge is 0.361 e. The number of aryl methyl sites for hydroxylation is 1. The van der Waals surface area contributed by atoms with Gasteiger partial charge in [-0.2, -0.15) is 0 Å². The molecule has 30 heavy (non-hydrogen) atoms. The summed E-state index contributed by atoms with van der Waals surface area (Å²) < 4.78 is 20.1. The molecule has 2 aromatic carbocycles. The van der Waals surface area contributed by atoms with Crippen LogP contribution in [0, 0.1) is 12.7 Å². The number of benzene rings is 2. The van der Waals surface area contributed by atoms with Crippen molar-refractivity contribution in [1.29, 1.82) is 0 Å². The number of nitrogens with zero attached hydrogens (tertiary/aromatic N) is 1. The van der Waals surface area contributed by atoms with Gasteiger partial charge in [0.1, 0.15) is 11.5 Å². The second-order valence-corrected chi connectivity index (χ2v) is 7.94. The fourth-order valence-electron chi connectivity index (χ4n) is 3.57. The van der Waals surface area contributed by atoms with Crippen LogP contribution in [0.3, 0.4) is 0 Å². The maximum absolute atomic E-state index is 14.3. The van der Waals surface area contributed by atoms with E-state index in [1.54, 1.807) is 42.3 Å². The van der Waals surface area contributed by atoms with E-state index in [0.29, 0.717) is 36.3 Å². The van der Waals surface area contributed by atoms with Gasteiger partial charge >= 0.3 is 5.97 Å². The molecule has 1 N–H and O–H groups in total. The number of nitrogens with one attached hydrogen (secondary N) is 1. The molecule has 0 aromatic heterocycles. The molecule has 0 bridgehead atoms. The first-order chi connectivity index (χ1) is 14.2. The molecule has 0 spiro atoms. The summed E-state index contributed by atoms with van der Waals surface area (Å²) in [5.74, 6) is -1.07. The van der Waals surface area contributed by atoms with E-state index in [1.165, 1.54) is 13.0 Å². The summed E-state index contributed by atoms with van der Waals surface area (Å²) >= 11 is 0. The fourth-order valence-corrected chi connectivity index (χ4v) is 3.57. The van der Waals surface area contributed by atoms with E-state index in [9.17, 15) is 14.0 Å². The molecule has 0 saturated carbocycles. The highest BCUT2D eigenvalue weighted by Gasteiger charge is 2.43. The van der Waals surface area contributed by atoms with Crippen molar-refractivity contribution in [3.63, 3.8) is 0 Å². The number of carbonyl (C=O) groups is 2. The molecule has 1 saturated heterocycles. The summed E-state index contributed by atoms with van der Waals surface area (Å²) in [5.41, 5.74) is 1.44. The Morgan fingerprint density at radius 2 is 1.97 bits per heavy atom. The van der Waals surface area contributed by atoms with E-state index >= 15 is 0 Å². The normalized spacial score (nSPS) is 18.2.